The summed E-state index contributed by atoms with van der Waals surface area (Å²) in [5, 5.41) is 18.3. The van der Waals surface area contributed by atoms with E-state index in [4.69, 9.17) is 10.00 Å². The number of aromatic hydroxyl groups is 1. The van der Waals surface area contributed by atoms with E-state index in [1.54, 1.807) is 31.2 Å². The van der Waals surface area contributed by atoms with E-state index in [1.165, 1.54) is 0 Å². The molecule has 0 saturated carbocycles. The molecule has 7 nitrogen and oxygen atoms in total. The lowest BCUT2D eigenvalue weighted by atomic mass is 10.00. The Morgan fingerprint density at radius 3 is 2.44 bits per heavy atom. The molecule has 0 aliphatic carbocycles. The van der Waals surface area contributed by atoms with Gasteiger partial charge in [0.1, 0.15) is 6.61 Å². The van der Waals surface area contributed by atoms with Crippen molar-refractivity contribution in [3.8, 4) is 22.9 Å². The van der Waals surface area contributed by atoms with Gasteiger partial charge >= 0.3 is 5.97 Å². The van der Waals surface area contributed by atoms with Crippen LogP contribution < -0.4 is 15.8 Å². The Bertz CT molecular complexity index is 857. The third kappa shape index (κ3) is 4.04. The zero-order valence-corrected chi connectivity index (χ0v) is 13.8. The number of nitrogens with zero attached hydrogens (tertiary/aromatic N) is 2. The summed E-state index contributed by atoms with van der Waals surface area (Å²) in [4.78, 5) is 35.7. The molecule has 0 aliphatic heterocycles. The molecule has 25 heavy (non-hydrogen) atoms. The van der Waals surface area contributed by atoms with E-state index in [0.717, 1.165) is 5.69 Å². The van der Waals surface area contributed by atoms with E-state index in [9.17, 15) is 19.5 Å². The van der Waals surface area contributed by atoms with Gasteiger partial charge in [0.05, 0.1) is 24.6 Å². The summed E-state index contributed by atoms with van der Waals surface area (Å²) in [7, 11) is 0. The monoisotopic (exact) mass is 342 g/mol. The minimum Gasteiger partial charge on any atom is -0.503 e. The van der Waals surface area contributed by atoms with Crippen LogP contribution in [0, 0.1) is 11.3 Å². The molecule has 0 atom stereocenters. The molecule has 130 valence electrons. The molecular formula is C18H18N2O5. The molecule has 0 aliphatic rings. The Morgan fingerprint density at radius 1 is 1.20 bits per heavy atom. The van der Waals surface area contributed by atoms with Crippen molar-refractivity contribution >= 4 is 11.7 Å². The third-order valence-electron chi connectivity index (χ3n) is 3.81. The van der Waals surface area contributed by atoms with Crippen molar-refractivity contribution in [3.05, 3.63) is 44.7 Å². The fourth-order valence-corrected chi connectivity index (χ4v) is 2.41. The third-order valence-corrected chi connectivity index (χ3v) is 3.81. The van der Waals surface area contributed by atoms with Crippen molar-refractivity contribution in [2.75, 3.05) is 24.6 Å². The summed E-state index contributed by atoms with van der Waals surface area (Å²) >= 11 is 0. The van der Waals surface area contributed by atoms with Crippen LogP contribution in [-0.4, -0.2) is 30.8 Å². The highest BCUT2D eigenvalue weighted by atomic mass is 16.5. The van der Waals surface area contributed by atoms with Crippen LogP contribution in [-0.2, 0) is 9.53 Å². The van der Waals surface area contributed by atoms with Gasteiger partial charge in [-0.1, -0.05) is 19.1 Å². The van der Waals surface area contributed by atoms with E-state index in [2.05, 4.69) is 6.07 Å². The predicted octanol–water partition coefficient (Wildman–Crippen LogP) is 1.33. The summed E-state index contributed by atoms with van der Waals surface area (Å²) in [6.45, 7) is 2.81. The minimum atomic E-state index is -0.868. The fraction of sp³-hybridized carbons (Fsp3) is 0.333. The SMILES string of the molecule is CCC(=O)OCCN(CCC#N)c1ccc(-c2c(O)c(=O)c2=O)cc1. The fourth-order valence-electron chi connectivity index (χ4n) is 2.41. The number of ether oxygens (including phenoxy) is 1. The van der Waals surface area contributed by atoms with Crippen molar-refractivity contribution in [2.45, 2.75) is 19.8 Å². The lowest BCUT2D eigenvalue weighted by molar-refractivity contribution is -0.142. The van der Waals surface area contributed by atoms with Gasteiger partial charge in [-0.15, -0.1) is 0 Å². The quantitative estimate of drug-likeness (QED) is 0.569. The van der Waals surface area contributed by atoms with Crippen LogP contribution in [0.25, 0.3) is 11.1 Å². The molecular weight excluding hydrogens is 324 g/mol. The molecule has 0 spiro atoms. The Labute approximate surface area is 144 Å². The van der Waals surface area contributed by atoms with Crippen LogP contribution in [0.2, 0.25) is 0 Å². The normalized spacial score (nSPS) is 10.4. The Kier molecular flexibility index (Phi) is 5.90. The number of nitriles is 1. The highest BCUT2D eigenvalue weighted by molar-refractivity contribution is 5.74. The maximum Gasteiger partial charge on any atom is 0.305 e. The molecule has 0 bridgehead atoms. The van der Waals surface area contributed by atoms with Gasteiger partial charge in [0.2, 0.25) is 5.43 Å². The van der Waals surface area contributed by atoms with E-state index in [1.807, 2.05) is 4.90 Å². The summed E-state index contributed by atoms with van der Waals surface area (Å²) in [6, 6.07) is 8.78. The number of esters is 1. The zero-order chi connectivity index (χ0) is 18.4. The largest absolute Gasteiger partial charge is 0.503 e. The van der Waals surface area contributed by atoms with Crippen LogP contribution in [0.1, 0.15) is 19.8 Å². The number of anilines is 1. The molecule has 0 fully saturated rings. The van der Waals surface area contributed by atoms with Crippen LogP contribution in [0.15, 0.2) is 33.9 Å². The number of carbonyl (C=O) groups is 1. The second kappa shape index (κ2) is 8.11. The van der Waals surface area contributed by atoms with Crippen molar-refractivity contribution in [3.63, 3.8) is 0 Å². The first kappa shape index (κ1) is 18.2. The standard InChI is InChI=1S/C18H18N2O5/c1-2-14(21)25-11-10-20(9-3-8-19)13-6-4-12(5-7-13)15-16(22)18(24)17(15)23/h4-7,22H,2-3,9-11H2,1H3. The second-order valence-electron chi connectivity index (χ2n) is 5.40. The maximum absolute atomic E-state index is 11.5. The van der Waals surface area contributed by atoms with Gasteiger partial charge in [0.15, 0.2) is 5.75 Å². The van der Waals surface area contributed by atoms with Crippen LogP contribution in [0.3, 0.4) is 0 Å². The van der Waals surface area contributed by atoms with E-state index >= 15 is 0 Å². The van der Waals surface area contributed by atoms with Gasteiger partial charge in [-0.25, -0.2) is 0 Å². The lowest BCUT2D eigenvalue weighted by Crippen LogP contribution is -2.32. The summed E-state index contributed by atoms with van der Waals surface area (Å²) in [5.74, 6) is -0.795. The molecule has 0 unspecified atom stereocenters. The van der Waals surface area contributed by atoms with E-state index in [0.29, 0.717) is 31.5 Å². The van der Waals surface area contributed by atoms with E-state index < -0.39 is 16.6 Å². The average molecular weight is 342 g/mol. The average Bonchev–Trinajstić information content (AvgIpc) is 2.64. The number of rotatable bonds is 8. The number of benzene rings is 1. The van der Waals surface area contributed by atoms with Gasteiger partial charge in [-0.2, -0.15) is 5.26 Å². The molecule has 2 rings (SSSR count). The van der Waals surface area contributed by atoms with Crippen molar-refractivity contribution in [2.24, 2.45) is 0 Å². The van der Waals surface area contributed by atoms with Crippen molar-refractivity contribution < 1.29 is 14.6 Å². The first-order chi connectivity index (χ1) is 12.0. The van der Waals surface area contributed by atoms with Gasteiger partial charge in [-0.05, 0) is 17.7 Å². The molecule has 2 aromatic rings. The van der Waals surface area contributed by atoms with Gasteiger partial charge < -0.3 is 14.7 Å². The first-order valence-corrected chi connectivity index (χ1v) is 7.89. The van der Waals surface area contributed by atoms with Gasteiger partial charge in [-0.3, -0.25) is 14.4 Å². The van der Waals surface area contributed by atoms with E-state index in [-0.39, 0.29) is 18.1 Å². The molecule has 0 saturated heterocycles. The molecule has 1 N–H and O–H groups in total. The first-order valence-electron chi connectivity index (χ1n) is 7.89. The molecule has 0 aromatic heterocycles. The smallest absolute Gasteiger partial charge is 0.305 e. The van der Waals surface area contributed by atoms with Gasteiger partial charge in [0.25, 0.3) is 5.43 Å². The summed E-state index contributed by atoms with van der Waals surface area (Å²) in [5.41, 5.74) is -0.296. The Morgan fingerprint density at radius 2 is 1.88 bits per heavy atom. The Hall–Kier alpha value is -3.14. The number of hydrogen-bond acceptors (Lipinski definition) is 7. The molecule has 0 radical (unpaired) electrons. The lowest BCUT2D eigenvalue weighted by Gasteiger charge is -2.24. The predicted molar refractivity (Wildman–Crippen MR) is 92.1 cm³/mol. The number of carbonyl (C=O) groups excluding carboxylic acids is 1. The minimum absolute atomic E-state index is 0.0250. The van der Waals surface area contributed by atoms with Crippen molar-refractivity contribution in [1.82, 2.24) is 0 Å². The summed E-state index contributed by atoms with van der Waals surface area (Å²) in [6.07, 6.45) is 0.612. The van der Waals surface area contributed by atoms with Crippen LogP contribution >= 0.6 is 0 Å². The highest BCUT2D eigenvalue weighted by Gasteiger charge is 2.21. The highest BCUT2D eigenvalue weighted by Crippen LogP contribution is 2.26. The van der Waals surface area contributed by atoms with Crippen molar-refractivity contribution in [1.29, 1.82) is 5.26 Å². The van der Waals surface area contributed by atoms with Crippen LogP contribution in [0.5, 0.6) is 5.75 Å². The topological polar surface area (TPSA) is 108 Å². The molecule has 7 heteroatoms. The van der Waals surface area contributed by atoms with Crippen LogP contribution in [0.4, 0.5) is 5.69 Å². The second-order valence-corrected chi connectivity index (χ2v) is 5.40. The Balaban J connectivity index is 2.12. The maximum atomic E-state index is 11.5. The molecule has 0 heterocycles. The van der Waals surface area contributed by atoms with Gasteiger partial charge in [0, 0.05) is 18.7 Å². The summed E-state index contributed by atoms with van der Waals surface area (Å²) < 4.78 is 5.07. The molecule has 2 aromatic carbocycles. The number of hydrogen-bond donors (Lipinski definition) is 1. The zero-order valence-electron chi connectivity index (χ0n) is 13.8. The molecule has 0 amide bonds.